The molecule has 0 saturated carbocycles. The maximum absolute atomic E-state index is 13.9. The largest absolute Gasteiger partial charge is 0.481 e. The maximum Gasteiger partial charge on any atom is 0.261 e. The average Bonchev–Trinajstić information content (AvgIpc) is 3.28. The Kier molecular flexibility index (Phi) is 6.30. The Morgan fingerprint density at radius 2 is 2.03 bits per heavy atom. The van der Waals surface area contributed by atoms with Gasteiger partial charge in [-0.3, -0.25) is 9.78 Å². The molecule has 1 atom stereocenters. The minimum atomic E-state index is -0.486. The lowest BCUT2D eigenvalue weighted by atomic mass is 9.98. The van der Waals surface area contributed by atoms with Crippen LogP contribution in [0.1, 0.15) is 30.1 Å². The maximum atomic E-state index is 13.9. The van der Waals surface area contributed by atoms with E-state index in [2.05, 4.69) is 9.97 Å². The van der Waals surface area contributed by atoms with Gasteiger partial charge in [-0.2, -0.15) is 0 Å². The molecule has 3 heterocycles. The standard InChI is InChI=1S/C24H26FN5O2/c1-16-13-26-11-10-17(16)18-14-27-24(29(2)3)28-23(18)20-8-6-12-30(20)22(31)15-32-21-9-5-4-7-19(21)25/h4-5,7,9-11,13-14,20H,6,8,12,15H2,1-3H3/t20-/m1/s1. The monoisotopic (exact) mass is 435 g/mol. The van der Waals surface area contributed by atoms with Crippen molar-refractivity contribution in [2.24, 2.45) is 0 Å². The molecule has 4 rings (SSSR count). The van der Waals surface area contributed by atoms with Crippen molar-refractivity contribution in [1.82, 2.24) is 19.9 Å². The van der Waals surface area contributed by atoms with Crippen molar-refractivity contribution < 1.29 is 13.9 Å². The molecule has 32 heavy (non-hydrogen) atoms. The molecular weight excluding hydrogens is 409 g/mol. The Labute approximate surface area is 186 Å². The summed E-state index contributed by atoms with van der Waals surface area (Å²) in [7, 11) is 3.77. The van der Waals surface area contributed by atoms with Crippen molar-refractivity contribution in [2.75, 3.05) is 32.1 Å². The van der Waals surface area contributed by atoms with Gasteiger partial charge in [0.1, 0.15) is 0 Å². The van der Waals surface area contributed by atoms with Crippen LogP contribution < -0.4 is 9.64 Å². The smallest absolute Gasteiger partial charge is 0.261 e. The van der Waals surface area contributed by atoms with E-state index in [-0.39, 0.29) is 24.3 Å². The van der Waals surface area contributed by atoms with E-state index in [4.69, 9.17) is 9.72 Å². The van der Waals surface area contributed by atoms with Gasteiger partial charge in [0.2, 0.25) is 5.95 Å². The summed E-state index contributed by atoms with van der Waals surface area (Å²) in [6, 6.07) is 7.81. The van der Waals surface area contributed by atoms with Crippen molar-refractivity contribution in [3.05, 3.63) is 66.0 Å². The molecule has 0 N–H and O–H groups in total. The Morgan fingerprint density at radius 1 is 1.22 bits per heavy atom. The first-order valence-corrected chi connectivity index (χ1v) is 10.6. The van der Waals surface area contributed by atoms with Crippen LogP contribution in [0.15, 0.2) is 48.9 Å². The van der Waals surface area contributed by atoms with Crippen LogP contribution in [0.4, 0.5) is 10.3 Å². The molecule has 0 radical (unpaired) electrons. The highest BCUT2D eigenvalue weighted by atomic mass is 19.1. The number of carbonyl (C=O) groups is 1. The van der Waals surface area contributed by atoms with Gasteiger partial charge >= 0.3 is 0 Å². The van der Waals surface area contributed by atoms with E-state index in [1.807, 2.05) is 38.2 Å². The predicted octanol–water partition coefficient (Wildman–Crippen LogP) is 3.79. The SMILES string of the molecule is Cc1cnccc1-c1cnc(N(C)C)nc1[C@H]1CCCN1C(=O)COc1ccccc1F. The van der Waals surface area contributed by atoms with Crippen LogP contribution in [0.5, 0.6) is 5.75 Å². The van der Waals surface area contributed by atoms with Gasteiger partial charge in [0.05, 0.1) is 11.7 Å². The number of rotatable bonds is 6. The summed E-state index contributed by atoms with van der Waals surface area (Å²) in [5, 5.41) is 0. The van der Waals surface area contributed by atoms with E-state index in [0.717, 1.165) is 35.2 Å². The van der Waals surface area contributed by atoms with Crippen LogP contribution in [0, 0.1) is 12.7 Å². The first kappa shape index (κ1) is 21.7. The van der Waals surface area contributed by atoms with Gasteiger partial charge < -0.3 is 14.5 Å². The molecule has 0 unspecified atom stereocenters. The summed E-state index contributed by atoms with van der Waals surface area (Å²) >= 11 is 0. The zero-order chi connectivity index (χ0) is 22.7. The number of likely N-dealkylation sites (tertiary alicyclic amines) is 1. The van der Waals surface area contributed by atoms with E-state index >= 15 is 0 Å². The van der Waals surface area contributed by atoms with Gasteiger partial charge in [-0.05, 0) is 49.1 Å². The predicted molar refractivity (Wildman–Crippen MR) is 120 cm³/mol. The number of benzene rings is 1. The lowest BCUT2D eigenvalue weighted by Crippen LogP contribution is -2.35. The quantitative estimate of drug-likeness (QED) is 0.587. The number of carbonyl (C=O) groups excluding carboxylic acids is 1. The Bertz CT molecular complexity index is 1120. The van der Waals surface area contributed by atoms with Crippen molar-refractivity contribution in [3.63, 3.8) is 0 Å². The fourth-order valence-corrected chi connectivity index (χ4v) is 3.97. The Hall–Kier alpha value is -3.55. The second-order valence-electron chi connectivity index (χ2n) is 8.02. The topological polar surface area (TPSA) is 71.5 Å². The second-order valence-corrected chi connectivity index (χ2v) is 8.02. The van der Waals surface area contributed by atoms with Crippen LogP contribution in [0.2, 0.25) is 0 Å². The zero-order valence-electron chi connectivity index (χ0n) is 18.5. The van der Waals surface area contributed by atoms with Crippen molar-refractivity contribution in [2.45, 2.75) is 25.8 Å². The van der Waals surface area contributed by atoms with E-state index in [9.17, 15) is 9.18 Å². The third-order valence-electron chi connectivity index (χ3n) is 5.59. The Balaban J connectivity index is 1.65. The van der Waals surface area contributed by atoms with Gasteiger partial charge in [0.25, 0.3) is 5.91 Å². The third kappa shape index (κ3) is 4.39. The molecule has 1 amide bonds. The van der Waals surface area contributed by atoms with Crippen molar-refractivity contribution in [1.29, 1.82) is 0 Å². The minimum absolute atomic E-state index is 0.0710. The number of halogens is 1. The molecule has 7 nitrogen and oxygen atoms in total. The number of amides is 1. The number of ether oxygens (including phenoxy) is 1. The molecule has 0 aliphatic carbocycles. The highest BCUT2D eigenvalue weighted by Gasteiger charge is 2.33. The number of para-hydroxylation sites is 1. The summed E-state index contributed by atoms with van der Waals surface area (Å²) in [6.07, 6.45) is 7.00. The lowest BCUT2D eigenvalue weighted by Gasteiger charge is -2.27. The van der Waals surface area contributed by atoms with Gasteiger partial charge in [-0.15, -0.1) is 0 Å². The van der Waals surface area contributed by atoms with Gasteiger partial charge in [0.15, 0.2) is 18.2 Å². The first-order valence-electron chi connectivity index (χ1n) is 10.6. The molecule has 2 aromatic heterocycles. The molecule has 3 aromatic rings. The molecule has 1 fully saturated rings. The normalized spacial score (nSPS) is 15.6. The van der Waals surface area contributed by atoms with E-state index in [1.165, 1.54) is 12.1 Å². The second kappa shape index (κ2) is 9.30. The average molecular weight is 436 g/mol. The van der Waals surface area contributed by atoms with Gasteiger partial charge in [0, 0.05) is 44.8 Å². The molecule has 1 saturated heterocycles. The summed E-state index contributed by atoms with van der Waals surface area (Å²) < 4.78 is 19.4. The summed E-state index contributed by atoms with van der Waals surface area (Å²) in [4.78, 5) is 30.2. The van der Waals surface area contributed by atoms with E-state index in [1.54, 1.807) is 29.4 Å². The molecule has 0 spiro atoms. The highest BCUT2D eigenvalue weighted by Crippen LogP contribution is 2.38. The Morgan fingerprint density at radius 3 is 2.78 bits per heavy atom. The van der Waals surface area contributed by atoms with Crippen LogP contribution in [0.25, 0.3) is 11.1 Å². The highest BCUT2D eigenvalue weighted by molar-refractivity contribution is 5.79. The molecular formula is C24H26FN5O2. The van der Waals surface area contributed by atoms with E-state index < -0.39 is 5.82 Å². The molecule has 1 aliphatic rings. The fourth-order valence-electron chi connectivity index (χ4n) is 3.97. The number of anilines is 1. The van der Waals surface area contributed by atoms with Crippen LogP contribution in [-0.2, 0) is 4.79 Å². The van der Waals surface area contributed by atoms with Gasteiger partial charge in [-0.1, -0.05) is 12.1 Å². The summed E-state index contributed by atoms with van der Waals surface area (Å²) in [5.74, 6) is -0.0303. The zero-order valence-corrected chi connectivity index (χ0v) is 18.5. The van der Waals surface area contributed by atoms with Crippen molar-refractivity contribution >= 4 is 11.9 Å². The number of aryl methyl sites for hydroxylation is 1. The molecule has 8 heteroatoms. The lowest BCUT2D eigenvalue weighted by molar-refractivity contribution is -0.134. The number of aromatic nitrogens is 3. The van der Waals surface area contributed by atoms with Gasteiger partial charge in [-0.25, -0.2) is 14.4 Å². The third-order valence-corrected chi connectivity index (χ3v) is 5.59. The van der Waals surface area contributed by atoms with E-state index in [0.29, 0.717) is 12.5 Å². The minimum Gasteiger partial charge on any atom is -0.481 e. The number of nitrogens with zero attached hydrogens (tertiary/aromatic N) is 5. The number of pyridine rings is 1. The molecule has 1 aliphatic heterocycles. The van der Waals surface area contributed by atoms with Crippen molar-refractivity contribution in [3.8, 4) is 16.9 Å². The van der Waals surface area contributed by atoms with Crippen LogP contribution in [-0.4, -0.2) is 53.0 Å². The van der Waals surface area contributed by atoms with Crippen LogP contribution >= 0.6 is 0 Å². The fraction of sp³-hybridized carbons (Fsp3) is 0.333. The molecule has 166 valence electrons. The molecule has 0 bridgehead atoms. The first-order chi connectivity index (χ1) is 15.5. The van der Waals surface area contributed by atoms with Crippen LogP contribution in [0.3, 0.4) is 0 Å². The summed E-state index contributed by atoms with van der Waals surface area (Å²) in [6.45, 7) is 2.36. The number of hydrogen-bond donors (Lipinski definition) is 0. The summed E-state index contributed by atoms with van der Waals surface area (Å²) in [5.41, 5.74) is 3.68. The number of hydrogen-bond acceptors (Lipinski definition) is 6. The molecule has 1 aromatic carbocycles.